The van der Waals surface area contributed by atoms with Gasteiger partial charge in [-0.2, -0.15) is 0 Å². The van der Waals surface area contributed by atoms with Gasteiger partial charge in [0.15, 0.2) is 0 Å². The summed E-state index contributed by atoms with van der Waals surface area (Å²) < 4.78 is 0. The minimum absolute atomic E-state index is 1.05. The lowest BCUT2D eigenvalue weighted by Crippen LogP contribution is -1.98. The van der Waals surface area contributed by atoms with Crippen LogP contribution >= 0.6 is 0 Å². The standard InChI is InChI=1S/C32H32/c1-5-25-7-11-27(12-8-25)15-17-29-19-23(3)22-32-30(20-24(4)21-31(29)32)18-16-28-13-9-26(6-2)10-14-28/h5-14,19-22H,1-2,15-18H2,3-4H3. The van der Waals surface area contributed by atoms with Crippen molar-refractivity contribution in [1.29, 1.82) is 0 Å². The topological polar surface area (TPSA) is 0 Å². The van der Waals surface area contributed by atoms with Gasteiger partial charge >= 0.3 is 0 Å². The highest BCUT2D eigenvalue weighted by Crippen LogP contribution is 2.28. The molecule has 4 rings (SSSR count). The van der Waals surface area contributed by atoms with Crippen LogP contribution in [0.4, 0.5) is 0 Å². The summed E-state index contributed by atoms with van der Waals surface area (Å²) in [6, 6.07) is 27.0. The smallest absolute Gasteiger partial charge is 0.0146 e. The molecule has 0 heteroatoms. The van der Waals surface area contributed by atoms with Crippen molar-refractivity contribution in [3.05, 3.63) is 130 Å². The van der Waals surface area contributed by atoms with Crippen molar-refractivity contribution < 1.29 is 0 Å². The van der Waals surface area contributed by atoms with Gasteiger partial charge in [0, 0.05) is 0 Å². The first kappa shape index (κ1) is 21.8. The van der Waals surface area contributed by atoms with Crippen molar-refractivity contribution in [3.8, 4) is 0 Å². The number of hydrogen-bond donors (Lipinski definition) is 0. The van der Waals surface area contributed by atoms with Crippen molar-refractivity contribution in [3.63, 3.8) is 0 Å². The Hall–Kier alpha value is -3.38. The van der Waals surface area contributed by atoms with E-state index < -0.39 is 0 Å². The van der Waals surface area contributed by atoms with Crippen molar-refractivity contribution in [1.82, 2.24) is 0 Å². The third kappa shape index (κ3) is 5.08. The van der Waals surface area contributed by atoms with E-state index in [4.69, 9.17) is 0 Å². The zero-order chi connectivity index (χ0) is 22.5. The molecule has 0 nitrogen and oxygen atoms in total. The zero-order valence-corrected chi connectivity index (χ0v) is 19.3. The van der Waals surface area contributed by atoms with E-state index in [0.29, 0.717) is 0 Å². The van der Waals surface area contributed by atoms with E-state index in [9.17, 15) is 0 Å². The second-order valence-corrected chi connectivity index (χ2v) is 8.83. The minimum atomic E-state index is 1.05. The third-order valence-corrected chi connectivity index (χ3v) is 6.33. The first-order valence-corrected chi connectivity index (χ1v) is 11.5. The molecule has 0 fully saturated rings. The lowest BCUT2D eigenvalue weighted by Gasteiger charge is -2.14. The average Bonchev–Trinajstić information content (AvgIpc) is 2.82. The van der Waals surface area contributed by atoms with Crippen LogP contribution in [0.5, 0.6) is 0 Å². The van der Waals surface area contributed by atoms with E-state index in [1.54, 1.807) is 0 Å². The van der Waals surface area contributed by atoms with Gasteiger partial charge in [-0.15, -0.1) is 0 Å². The molecule has 0 aliphatic heterocycles. The number of rotatable bonds is 8. The quantitative estimate of drug-likeness (QED) is 0.271. The predicted octanol–water partition coefficient (Wildman–Crippen LogP) is 8.31. The van der Waals surface area contributed by atoms with Crippen LogP contribution < -0.4 is 0 Å². The van der Waals surface area contributed by atoms with Crippen LogP contribution in [-0.4, -0.2) is 0 Å². The molecule has 0 unspecified atom stereocenters. The molecule has 0 spiro atoms. The Balaban J connectivity index is 1.60. The van der Waals surface area contributed by atoms with Gasteiger partial charge in [-0.1, -0.05) is 109 Å². The van der Waals surface area contributed by atoms with E-state index in [2.05, 4.69) is 99.8 Å². The molecule has 0 bridgehead atoms. The summed E-state index contributed by atoms with van der Waals surface area (Å²) in [6.07, 6.45) is 8.00. The molecule has 4 aromatic rings. The summed E-state index contributed by atoms with van der Waals surface area (Å²) >= 11 is 0. The summed E-state index contributed by atoms with van der Waals surface area (Å²) in [7, 11) is 0. The van der Waals surface area contributed by atoms with Crippen LogP contribution in [0.3, 0.4) is 0 Å². The van der Waals surface area contributed by atoms with Gasteiger partial charge in [-0.05, 0) is 83.7 Å². The molecule has 0 N–H and O–H groups in total. The maximum absolute atomic E-state index is 3.85. The Morgan fingerprint density at radius 2 is 0.906 bits per heavy atom. The van der Waals surface area contributed by atoms with E-state index in [1.165, 1.54) is 55.3 Å². The zero-order valence-electron chi connectivity index (χ0n) is 19.3. The third-order valence-electron chi connectivity index (χ3n) is 6.33. The first-order chi connectivity index (χ1) is 15.6. The molecule has 0 amide bonds. The van der Waals surface area contributed by atoms with Gasteiger partial charge in [-0.3, -0.25) is 0 Å². The van der Waals surface area contributed by atoms with Crippen molar-refractivity contribution in [2.75, 3.05) is 0 Å². The van der Waals surface area contributed by atoms with Crippen molar-refractivity contribution >= 4 is 22.9 Å². The van der Waals surface area contributed by atoms with Gasteiger partial charge < -0.3 is 0 Å². The van der Waals surface area contributed by atoms with Gasteiger partial charge in [0.1, 0.15) is 0 Å². The van der Waals surface area contributed by atoms with Crippen LogP contribution in [0.1, 0.15) is 44.5 Å². The predicted molar refractivity (Wildman–Crippen MR) is 141 cm³/mol. The molecule has 0 radical (unpaired) electrons. The summed E-state index contributed by atoms with van der Waals surface area (Å²) in [6.45, 7) is 12.1. The van der Waals surface area contributed by atoms with Crippen LogP contribution in [0.15, 0.2) is 86.0 Å². The lowest BCUT2D eigenvalue weighted by molar-refractivity contribution is 0.958. The molecule has 0 aliphatic carbocycles. The highest BCUT2D eigenvalue weighted by molar-refractivity contribution is 5.90. The van der Waals surface area contributed by atoms with Gasteiger partial charge in [0.25, 0.3) is 0 Å². The molecular weight excluding hydrogens is 384 g/mol. The van der Waals surface area contributed by atoms with E-state index >= 15 is 0 Å². The Labute approximate surface area is 192 Å². The Kier molecular flexibility index (Phi) is 6.71. The first-order valence-electron chi connectivity index (χ1n) is 11.5. The number of benzene rings is 4. The molecule has 0 saturated heterocycles. The van der Waals surface area contributed by atoms with Crippen LogP contribution in [-0.2, 0) is 25.7 Å². The van der Waals surface area contributed by atoms with Gasteiger partial charge in [0.05, 0.1) is 0 Å². The van der Waals surface area contributed by atoms with Crippen LogP contribution in [0.25, 0.3) is 22.9 Å². The van der Waals surface area contributed by atoms with Crippen molar-refractivity contribution in [2.45, 2.75) is 39.5 Å². The molecule has 0 atom stereocenters. The maximum Gasteiger partial charge on any atom is -0.0146 e. The molecule has 0 saturated carbocycles. The Bertz CT molecular complexity index is 1140. The fraction of sp³-hybridized carbons (Fsp3) is 0.188. The molecule has 0 aromatic heterocycles. The number of fused-ring (bicyclic) bond motifs is 1. The number of aryl methyl sites for hydroxylation is 6. The fourth-order valence-electron chi connectivity index (χ4n) is 4.54. The lowest BCUT2D eigenvalue weighted by atomic mass is 9.90. The number of hydrogen-bond acceptors (Lipinski definition) is 0. The normalized spacial score (nSPS) is 10.9. The fourth-order valence-corrected chi connectivity index (χ4v) is 4.54. The van der Waals surface area contributed by atoms with E-state index in [0.717, 1.165) is 25.7 Å². The Morgan fingerprint density at radius 1 is 0.531 bits per heavy atom. The second-order valence-electron chi connectivity index (χ2n) is 8.83. The highest BCUT2D eigenvalue weighted by Gasteiger charge is 2.09. The monoisotopic (exact) mass is 416 g/mol. The largest absolute Gasteiger partial charge is 0.0985 e. The molecule has 160 valence electrons. The van der Waals surface area contributed by atoms with E-state index in [-0.39, 0.29) is 0 Å². The van der Waals surface area contributed by atoms with E-state index in [1.807, 2.05) is 12.2 Å². The SMILES string of the molecule is C=Cc1ccc(CCc2cc(C)cc3c(CCc4ccc(C=C)cc4)cc(C)cc23)cc1. The average molecular weight is 417 g/mol. The maximum atomic E-state index is 3.85. The molecule has 32 heavy (non-hydrogen) atoms. The molecular formula is C32H32. The second kappa shape index (κ2) is 9.83. The highest BCUT2D eigenvalue weighted by atomic mass is 14.1. The Morgan fingerprint density at radius 3 is 1.25 bits per heavy atom. The molecule has 0 heterocycles. The summed E-state index contributed by atoms with van der Waals surface area (Å²) in [4.78, 5) is 0. The van der Waals surface area contributed by atoms with Crippen molar-refractivity contribution in [2.24, 2.45) is 0 Å². The molecule has 4 aromatic carbocycles. The summed E-state index contributed by atoms with van der Waals surface area (Å²) in [5, 5.41) is 2.82. The van der Waals surface area contributed by atoms with Crippen LogP contribution in [0, 0.1) is 13.8 Å². The minimum Gasteiger partial charge on any atom is -0.0985 e. The summed E-state index contributed by atoms with van der Waals surface area (Å²) in [5.41, 5.74) is 10.7. The molecule has 0 aliphatic rings. The van der Waals surface area contributed by atoms with Gasteiger partial charge in [0.2, 0.25) is 0 Å². The van der Waals surface area contributed by atoms with Gasteiger partial charge in [-0.25, -0.2) is 0 Å². The summed E-state index contributed by atoms with van der Waals surface area (Å²) in [5.74, 6) is 0. The van der Waals surface area contributed by atoms with Crippen LogP contribution in [0.2, 0.25) is 0 Å².